The molecule has 0 unspecified atom stereocenters. The molecule has 0 N–H and O–H groups in total. The molecule has 0 atom stereocenters. The predicted octanol–water partition coefficient (Wildman–Crippen LogP) is 2.19. The highest BCUT2D eigenvalue weighted by Crippen LogP contribution is 2.43. The molecule has 2 aliphatic heterocycles. The number of likely N-dealkylation sites (tertiary alicyclic amines) is 1. The van der Waals surface area contributed by atoms with E-state index >= 15 is 0 Å². The molecule has 4 heteroatoms. The maximum Gasteiger partial charge on any atom is 0.239 e. The minimum Gasteiger partial charge on any atom is -0.463 e. The van der Waals surface area contributed by atoms with Gasteiger partial charge in [-0.2, -0.15) is 0 Å². The summed E-state index contributed by atoms with van der Waals surface area (Å²) < 4.78 is 8.57. The zero-order valence-electron chi connectivity index (χ0n) is 11.0. The molecule has 19 heavy (non-hydrogen) atoms. The maximum absolute atomic E-state index is 6.33. The molecule has 0 bridgehead atoms. The third-order valence-electron chi connectivity index (χ3n) is 4.31. The summed E-state index contributed by atoms with van der Waals surface area (Å²) in [6.07, 6.45) is 5.95. The zero-order chi connectivity index (χ0) is 12.9. The number of ether oxygens (including phenoxy) is 1. The highest BCUT2D eigenvalue weighted by Gasteiger charge is 2.43. The summed E-state index contributed by atoms with van der Waals surface area (Å²) in [5.74, 6) is 0.760. The number of piperidine rings is 1. The van der Waals surface area contributed by atoms with E-state index in [2.05, 4.69) is 45.9 Å². The quantitative estimate of drug-likeness (QED) is 0.723. The van der Waals surface area contributed by atoms with Crippen molar-refractivity contribution in [2.24, 2.45) is 0 Å². The molecular formula is C15H17N3O. The number of hydrogen-bond donors (Lipinski definition) is 0. The van der Waals surface area contributed by atoms with Crippen LogP contribution in [0.3, 0.4) is 0 Å². The molecular weight excluding hydrogens is 238 g/mol. The first-order chi connectivity index (χ1) is 9.28. The van der Waals surface area contributed by atoms with Crippen molar-refractivity contribution in [3.8, 4) is 11.6 Å². The van der Waals surface area contributed by atoms with E-state index in [1.807, 2.05) is 6.07 Å². The van der Waals surface area contributed by atoms with Crippen LogP contribution in [-0.4, -0.2) is 34.6 Å². The highest BCUT2D eigenvalue weighted by atomic mass is 16.5. The predicted molar refractivity (Wildman–Crippen MR) is 72.6 cm³/mol. The van der Waals surface area contributed by atoms with E-state index in [0.717, 1.165) is 37.5 Å². The number of pyridine rings is 1. The van der Waals surface area contributed by atoms with Crippen molar-refractivity contribution >= 4 is 0 Å². The summed E-state index contributed by atoms with van der Waals surface area (Å²) in [4.78, 5) is 6.77. The lowest BCUT2D eigenvalue weighted by molar-refractivity contribution is -0.0109. The van der Waals surface area contributed by atoms with Gasteiger partial charge >= 0.3 is 0 Å². The Labute approximate surface area is 112 Å². The smallest absolute Gasteiger partial charge is 0.239 e. The number of nitrogens with zero attached hydrogens (tertiary/aromatic N) is 3. The fraction of sp³-hybridized carbons (Fsp3) is 0.400. The highest BCUT2D eigenvalue weighted by molar-refractivity contribution is 5.48. The van der Waals surface area contributed by atoms with Crippen LogP contribution in [0.15, 0.2) is 36.7 Å². The second-order valence-corrected chi connectivity index (χ2v) is 5.49. The molecule has 4 heterocycles. The van der Waals surface area contributed by atoms with E-state index in [0.29, 0.717) is 0 Å². The molecule has 0 saturated carbocycles. The summed E-state index contributed by atoms with van der Waals surface area (Å²) in [5.41, 5.74) is 2.12. The minimum absolute atomic E-state index is 0.197. The van der Waals surface area contributed by atoms with Crippen LogP contribution in [0.4, 0.5) is 0 Å². The molecule has 4 rings (SSSR count). The molecule has 4 nitrogen and oxygen atoms in total. The molecule has 1 saturated heterocycles. The van der Waals surface area contributed by atoms with Gasteiger partial charge in [0.25, 0.3) is 0 Å². The second kappa shape index (κ2) is 3.84. The normalized spacial score (nSPS) is 20.7. The van der Waals surface area contributed by atoms with Crippen LogP contribution in [0.5, 0.6) is 5.88 Å². The first-order valence-corrected chi connectivity index (χ1v) is 6.79. The third-order valence-corrected chi connectivity index (χ3v) is 4.31. The van der Waals surface area contributed by atoms with Crippen LogP contribution in [-0.2, 0) is 5.60 Å². The second-order valence-electron chi connectivity index (χ2n) is 5.49. The van der Waals surface area contributed by atoms with Crippen LogP contribution < -0.4 is 4.74 Å². The summed E-state index contributed by atoms with van der Waals surface area (Å²) in [6, 6.07) is 8.30. The Kier molecular flexibility index (Phi) is 2.23. The third kappa shape index (κ3) is 1.53. The largest absolute Gasteiger partial charge is 0.463 e. The minimum atomic E-state index is -0.197. The lowest BCUT2D eigenvalue weighted by Crippen LogP contribution is -2.47. The number of fused-ring (bicyclic) bond motifs is 4. The van der Waals surface area contributed by atoms with E-state index in [9.17, 15) is 0 Å². The molecule has 1 spiro atoms. The molecule has 0 radical (unpaired) electrons. The Hall–Kier alpha value is -1.81. The van der Waals surface area contributed by atoms with Crippen LogP contribution >= 0.6 is 0 Å². The van der Waals surface area contributed by atoms with E-state index in [1.165, 1.54) is 5.69 Å². The summed E-state index contributed by atoms with van der Waals surface area (Å²) in [5, 5.41) is 0. The van der Waals surface area contributed by atoms with Crippen molar-refractivity contribution in [1.29, 1.82) is 0 Å². The fourth-order valence-electron chi connectivity index (χ4n) is 3.18. The molecule has 1 fully saturated rings. The van der Waals surface area contributed by atoms with Gasteiger partial charge in [0.05, 0.1) is 5.69 Å². The van der Waals surface area contributed by atoms with Gasteiger partial charge in [-0.05, 0) is 31.3 Å². The van der Waals surface area contributed by atoms with Gasteiger partial charge < -0.3 is 14.2 Å². The first kappa shape index (κ1) is 11.1. The van der Waals surface area contributed by atoms with Crippen LogP contribution in [0, 0.1) is 0 Å². The van der Waals surface area contributed by atoms with Crippen molar-refractivity contribution in [1.82, 2.24) is 14.5 Å². The Morgan fingerprint density at radius 3 is 2.89 bits per heavy atom. The summed E-state index contributed by atoms with van der Waals surface area (Å²) >= 11 is 0. The molecule has 2 aromatic rings. The van der Waals surface area contributed by atoms with Gasteiger partial charge in [0, 0.05) is 38.3 Å². The van der Waals surface area contributed by atoms with Crippen molar-refractivity contribution in [2.45, 2.75) is 18.4 Å². The molecule has 98 valence electrons. The van der Waals surface area contributed by atoms with Gasteiger partial charge in [-0.1, -0.05) is 0 Å². The van der Waals surface area contributed by atoms with Gasteiger partial charge in [0.1, 0.15) is 5.69 Å². The average molecular weight is 255 g/mol. The fourth-order valence-corrected chi connectivity index (χ4v) is 3.18. The average Bonchev–Trinajstić information content (AvgIpc) is 2.93. The van der Waals surface area contributed by atoms with Crippen molar-refractivity contribution in [2.75, 3.05) is 20.1 Å². The van der Waals surface area contributed by atoms with E-state index in [4.69, 9.17) is 4.74 Å². The molecule has 0 aromatic carbocycles. The van der Waals surface area contributed by atoms with Gasteiger partial charge in [-0.15, -0.1) is 0 Å². The van der Waals surface area contributed by atoms with Crippen LogP contribution in [0.25, 0.3) is 5.69 Å². The first-order valence-electron chi connectivity index (χ1n) is 6.79. The Morgan fingerprint density at radius 2 is 2.05 bits per heavy atom. The zero-order valence-corrected chi connectivity index (χ0v) is 11.0. The van der Waals surface area contributed by atoms with Gasteiger partial charge in [-0.3, -0.25) is 0 Å². The number of hydrogen-bond acceptors (Lipinski definition) is 3. The number of aromatic nitrogens is 2. The van der Waals surface area contributed by atoms with Gasteiger partial charge in [-0.25, -0.2) is 4.98 Å². The SMILES string of the molecule is CN1CCC2(CC1)Oc1ncccc1-n1cccc12. The monoisotopic (exact) mass is 255 g/mol. The number of rotatable bonds is 0. The molecule has 0 amide bonds. The van der Waals surface area contributed by atoms with Crippen molar-refractivity contribution in [3.63, 3.8) is 0 Å². The summed E-state index contributed by atoms with van der Waals surface area (Å²) in [7, 11) is 2.17. The topological polar surface area (TPSA) is 30.3 Å². The Bertz CT molecular complexity index is 611. The molecule has 0 aliphatic carbocycles. The standard InChI is InChI=1S/C15H17N3O/c1-17-10-6-15(7-11-17)13-5-3-9-18(13)12-4-2-8-16-14(12)19-15/h2-5,8-9H,6-7,10-11H2,1H3. The Morgan fingerprint density at radius 1 is 1.21 bits per heavy atom. The van der Waals surface area contributed by atoms with E-state index in [1.54, 1.807) is 6.20 Å². The lowest BCUT2D eigenvalue weighted by Gasteiger charge is -2.43. The maximum atomic E-state index is 6.33. The van der Waals surface area contributed by atoms with Gasteiger partial charge in [0.15, 0.2) is 5.60 Å². The van der Waals surface area contributed by atoms with Crippen molar-refractivity contribution in [3.05, 3.63) is 42.4 Å². The van der Waals surface area contributed by atoms with E-state index in [-0.39, 0.29) is 5.60 Å². The summed E-state index contributed by atoms with van der Waals surface area (Å²) in [6.45, 7) is 2.13. The Balaban J connectivity index is 1.86. The van der Waals surface area contributed by atoms with E-state index < -0.39 is 0 Å². The molecule has 2 aromatic heterocycles. The van der Waals surface area contributed by atoms with Crippen LogP contribution in [0.2, 0.25) is 0 Å². The van der Waals surface area contributed by atoms with Crippen molar-refractivity contribution < 1.29 is 4.74 Å². The van der Waals surface area contributed by atoms with Crippen LogP contribution in [0.1, 0.15) is 18.5 Å². The van der Waals surface area contributed by atoms with Gasteiger partial charge in [0.2, 0.25) is 5.88 Å². The molecule has 2 aliphatic rings. The lowest BCUT2D eigenvalue weighted by atomic mass is 9.87.